The predicted octanol–water partition coefficient (Wildman–Crippen LogP) is 3.78. The van der Waals surface area contributed by atoms with Crippen molar-refractivity contribution >= 4 is 23.4 Å². The van der Waals surface area contributed by atoms with E-state index in [2.05, 4.69) is 27.7 Å². The van der Waals surface area contributed by atoms with Gasteiger partial charge in [-0.2, -0.15) is 11.8 Å². The predicted molar refractivity (Wildman–Crippen MR) is 56.7 cm³/mol. The normalized spacial score (nSPS) is 12.5. The topological polar surface area (TPSA) is 0 Å². The maximum atomic E-state index is 5.80. The lowest BCUT2D eigenvalue weighted by molar-refractivity contribution is 0.408. The zero-order chi connectivity index (χ0) is 8.91. The summed E-state index contributed by atoms with van der Waals surface area (Å²) in [7, 11) is 0. The second kappa shape index (κ2) is 5.31. The first kappa shape index (κ1) is 11.6. The second-order valence-corrected chi connectivity index (χ2v) is 5.92. The summed E-state index contributed by atoms with van der Waals surface area (Å²) < 4.78 is 0. The average Bonchev–Trinajstić information content (AvgIpc) is 1.87. The first-order valence-electron chi connectivity index (χ1n) is 4.15. The highest BCUT2D eigenvalue weighted by molar-refractivity contribution is 7.99. The van der Waals surface area contributed by atoms with Gasteiger partial charge in [-0.15, -0.1) is 11.6 Å². The molecular formula is C9H19ClS. The molecular weight excluding hydrogens is 176 g/mol. The molecule has 68 valence electrons. The van der Waals surface area contributed by atoms with Gasteiger partial charge in [0.2, 0.25) is 0 Å². The summed E-state index contributed by atoms with van der Waals surface area (Å²) in [5.41, 5.74) is 0.323. The average molecular weight is 195 g/mol. The summed E-state index contributed by atoms with van der Waals surface area (Å²) in [6, 6.07) is 0. The van der Waals surface area contributed by atoms with Gasteiger partial charge in [-0.3, -0.25) is 0 Å². The Hall–Kier alpha value is 0.640. The molecule has 0 spiro atoms. The van der Waals surface area contributed by atoms with Gasteiger partial charge in [0.15, 0.2) is 0 Å². The van der Waals surface area contributed by atoms with Crippen molar-refractivity contribution in [1.29, 1.82) is 0 Å². The minimum atomic E-state index is 0.323. The summed E-state index contributed by atoms with van der Waals surface area (Å²) in [5, 5.41) is 0.751. The highest BCUT2D eigenvalue weighted by atomic mass is 35.5. The van der Waals surface area contributed by atoms with Crippen LogP contribution in [0.5, 0.6) is 0 Å². The molecule has 0 nitrogen and oxygen atoms in total. The molecule has 0 rings (SSSR count). The van der Waals surface area contributed by atoms with Crippen molar-refractivity contribution in [3.63, 3.8) is 0 Å². The smallest absolute Gasteiger partial charge is 0.0275 e. The van der Waals surface area contributed by atoms with Crippen molar-refractivity contribution in [2.24, 2.45) is 5.41 Å². The van der Waals surface area contributed by atoms with Crippen LogP contribution in [0.15, 0.2) is 0 Å². The number of alkyl halides is 1. The minimum Gasteiger partial charge on any atom is -0.159 e. The van der Waals surface area contributed by atoms with Crippen LogP contribution in [0.3, 0.4) is 0 Å². The molecule has 0 atom stereocenters. The van der Waals surface area contributed by atoms with E-state index in [0.717, 1.165) is 11.1 Å². The van der Waals surface area contributed by atoms with Crippen LogP contribution in [-0.2, 0) is 0 Å². The van der Waals surface area contributed by atoms with E-state index in [-0.39, 0.29) is 0 Å². The molecule has 0 saturated carbocycles. The van der Waals surface area contributed by atoms with E-state index in [1.54, 1.807) is 0 Å². The lowest BCUT2D eigenvalue weighted by Gasteiger charge is -2.21. The molecule has 0 unspecified atom stereocenters. The van der Waals surface area contributed by atoms with Crippen LogP contribution >= 0.6 is 23.4 Å². The molecule has 0 aromatic carbocycles. The molecule has 0 fully saturated rings. The van der Waals surface area contributed by atoms with Crippen molar-refractivity contribution in [2.75, 3.05) is 11.6 Å². The van der Waals surface area contributed by atoms with Crippen LogP contribution in [0.25, 0.3) is 0 Å². The highest BCUT2D eigenvalue weighted by Gasteiger charge is 2.15. The fourth-order valence-electron chi connectivity index (χ4n) is 0.638. The third-order valence-electron chi connectivity index (χ3n) is 1.59. The number of thioether (sulfide) groups is 1. The largest absolute Gasteiger partial charge is 0.159 e. The van der Waals surface area contributed by atoms with Crippen LogP contribution in [0.1, 0.15) is 34.1 Å². The van der Waals surface area contributed by atoms with Crippen LogP contribution in [0.2, 0.25) is 0 Å². The van der Waals surface area contributed by atoms with Gasteiger partial charge in [0.05, 0.1) is 0 Å². The van der Waals surface area contributed by atoms with Gasteiger partial charge in [0, 0.05) is 5.88 Å². The van der Waals surface area contributed by atoms with E-state index in [0.29, 0.717) is 5.41 Å². The molecule has 0 aliphatic carbocycles. The molecule has 0 aliphatic heterocycles. The standard InChI is InChI=1S/C9H19ClS/c1-8(2)11-6-5-9(3,4)7-10/h8H,5-7H2,1-4H3. The third-order valence-corrected chi connectivity index (χ3v) is 3.42. The van der Waals surface area contributed by atoms with E-state index < -0.39 is 0 Å². The Morgan fingerprint density at radius 2 is 1.91 bits per heavy atom. The molecule has 11 heavy (non-hydrogen) atoms. The Labute approximate surface area is 80.1 Å². The van der Waals surface area contributed by atoms with Gasteiger partial charge in [-0.25, -0.2) is 0 Å². The van der Waals surface area contributed by atoms with E-state index in [1.807, 2.05) is 11.8 Å². The molecule has 0 heterocycles. The quantitative estimate of drug-likeness (QED) is 0.601. The van der Waals surface area contributed by atoms with Crippen LogP contribution in [-0.4, -0.2) is 16.9 Å². The number of hydrogen-bond acceptors (Lipinski definition) is 1. The summed E-state index contributed by atoms with van der Waals surface area (Å²) >= 11 is 7.81. The van der Waals surface area contributed by atoms with Crippen molar-refractivity contribution in [3.05, 3.63) is 0 Å². The van der Waals surface area contributed by atoms with Crippen LogP contribution in [0.4, 0.5) is 0 Å². The van der Waals surface area contributed by atoms with Gasteiger partial charge in [0.1, 0.15) is 0 Å². The Kier molecular flexibility index (Phi) is 5.62. The minimum absolute atomic E-state index is 0.323. The van der Waals surface area contributed by atoms with Crippen molar-refractivity contribution in [3.8, 4) is 0 Å². The molecule has 0 aliphatic rings. The Morgan fingerprint density at radius 3 is 2.27 bits per heavy atom. The molecule has 0 amide bonds. The van der Waals surface area contributed by atoms with Gasteiger partial charge >= 0.3 is 0 Å². The van der Waals surface area contributed by atoms with Crippen molar-refractivity contribution < 1.29 is 0 Å². The Balaban J connectivity index is 3.38. The molecule has 0 aromatic rings. The second-order valence-electron chi connectivity index (χ2n) is 3.97. The van der Waals surface area contributed by atoms with Gasteiger partial charge in [-0.05, 0) is 22.8 Å². The van der Waals surface area contributed by atoms with Gasteiger partial charge < -0.3 is 0 Å². The molecule has 0 radical (unpaired) electrons. The summed E-state index contributed by atoms with van der Waals surface area (Å²) in [6.07, 6.45) is 1.22. The number of hydrogen-bond donors (Lipinski definition) is 0. The molecule has 0 bridgehead atoms. The van der Waals surface area contributed by atoms with Gasteiger partial charge in [0.25, 0.3) is 0 Å². The number of halogens is 1. The van der Waals surface area contributed by atoms with Gasteiger partial charge in [-0.1, -0.05) is 27.7 Å². The molecule has 2 heteroatoms. The highest BCUT2D eigenvalue weighted by Crippen LogP contribution is 2.25. The van der Waals surface area contributed by atoms with Crippen LogP contribution in [0, 0.1) is 5.41 Å². The Morgan fingerprint density at radius 1 is 1.36 bits per heavy atom. The summed E-state index contributed by atoms with van der Waals surface area (Å²) in [6.45, 7) is 8.92. The third kappa shape index (κ3) is 7.02. The molecule has 0 N–H and O–H groups in total. The van der Waals surface area contributed by atoms with E-state index >= 15 is 0 Å². The van der Waals surface area contributed by atoms with E-state index in [1.165, 1.54) is 12.2 Å². The maximum Gasteiger partial charge on any atom is 0.0275 e. The van der Waals surface area contributed by atoms with Crippen molar-refractivity contribution in [2.45, 2.75) is 39.4 Å². The Bertz CT molecular complexity index is 99.7. The van der Waals surface area contributed by atoms with E-state index in [9.17, 15) is 0 Å². The van der Waals surface area contributed by atoms with Crippen LogP contribution < -0.4 is 0 Å². The number of rotatable bonds is 5. The summed E-state index contributed by atoms with van der Waals surface area (Å²) in [4.78, 5) is 0. The molecule has 0 saturated heterocycles. The lowest BCUT2D eigenvalue weighted by Crippen LogP contribution is -2.14. The maximum absolute atomic E-state index is 5.80. The fourth-order valence-corrected chi connectivity index (χ4v) is 1.91. The SMILES string of the molecule is CC(C)SCCC(C)(C)CCl. The zero-order valence-corrected chi connectivity index (χ0v) is 9.56. The monoisotopic (exact) mass is 194 g/mol. The zero-order valence-electron chi connectivity index (χ0n) is 7.98. The summed E-state index contributed by atoms with van der Waals surface area (Å²) in [5.74, 6) is 2.00. The lowest BCUT2D eigenvalue weighted by atomic mass is 9.93. The first-order chi connectivity index (χ1) is 4.98. The van der Waals surface area contributed by atoms with Crippen molar-refractivity contribution in [1.82, 2.24) is 0 Å². The first-order valence-corrected chi connectivity index (χ1v) is 5.74. The van der Waals surface area contributed by atoms with E-state index in [4.69, 9.17) is 11.6 Å². The molecule has 0 aromatic heterocycles. The fraction of sp³-hybridized carbons (Fsp3) is 1.00.